The topological polar surface area (TPSA) is 26.0 Å². The van der Waals surface area contributed by atoms with Crippen molar-refractivity contribution in [1.82, 2.24) is 0 Å². The molecule has 0 saturated heterocycles. The van der Waals surface area contributed by atoms with Gasteiger partial charge in [-0.2, -0.15) is 0 Å². The van der Waals surface area contributed by atoms with Gasteiger partial charge >= 0.3 is 0 Å². The molecule has 3 rings (SSSR count). The second kappa shape index (κ2) is 5.86. The van der Waals surface area contributed by atoms with Crippen LogP contribution in [0, 0.1) is 13.8 Å². The Morgan fingerprint density at radius 1 is 1.00 bits per heavy atom. The van der Waals surface area contributed by atoms with Crippen LogP contribution in [0.5, 0.6) is 0 Å². The van der Waals surface area contributed by atoms with E-state index in [2.05, 4.69) is 63.2 Å². The molecule has 3 atom stereocenters. The van der Waals surface area contributed by atoms with Gasteiger partial charge in [-0.15, -0.1) is 11.8 Å². The zero-order valence-corrected chi connectivity index (χ0v) is 13.8. The number of rotatable bonds is 2. The van der Waals surface area contributed by atoms with E-state index in [4.69, 9.17) is 5.73 Å². The molecule has 0 saturated carbocycles. The number of aryl methyl sites for hydroxylation is 2. The largest absolute Gasteiger partial charge is 0.323 e. The Balaban J connectivity index is 1.85. The number of fused-ring (bicyclic) bond motifs is 1. The van der Waals surface area contributed by atoms with Crippen LogP contribution in [-0.2, 0) is 0 Å². The molecule has 0 aromatic heterocycles. The van der Waals surface area contributed by atoms with Gasteiger partial charge in [-0.1, -0.05) is 37.3 Å². The number of hydrogen-bond acceptors (Lipinski definition) is 2. The van der Waals surface area contributed by atoms with E-state index in [9.17, 15) is 0 Å². The van der Waals surface area contributed by atoms with Crippen molar-refractivity contribution in [1.29, 1.82) is 0 Å². The minimum absolute atomic E-state index is 0.129. The fourth-order valence-corrected chi connectivity index (χ4v) is 4.59. The molecule has 0 spiro atoms. The van der Waals surface area contributed by atoms with Crippen LogP contribution in [0.2, 0.25) is 0 Å². The Hall–Kier alpha value is -1.25. The summed E-state index contributed by atoms with van der Waals surface area (Å²) in [4.78, 5) is 1.34. The van der Waals surface area contributed by atoms with E-state index in [0.29, 0.717) is 11.2 Å². The maximum atomic E-state index is 6.55. The normalized spacial score (nSPS) is 24.7. The smallest absolute Gasteiger partial charge is 0.0422 e. The molecule has 1 aliphatic carbocycles. The quantitative estimate of drug-likeness (QED) is 0.846. The van der Waals surface area contributed by atoms with Gasteiger partial charge < -0.3 is 5.73 Å². The lowest BCUT2D eigenvalue weighted by molar-refractivity contribution is 0.527. The van der Waals surface area contributed by atoms with Crippen LogP contribution in [-0.4, -0.2) is 5.25 Å². The van der Waals surface area contributed by atoms with Crippen molar-refractivity contribution in [3.8, 4) is 0 Å². The Kier molecular flexibility index (Phi) is 4.10. The molecule has 0 fully saturated rings. The molecular formula is C19H23NS. The van der Waals surface area contributed by atoms with Crippen molar-refractivity contribution in [2.45, 2.75) is 49.3 Å². The standard InChI is InChI=1S/C19H23NS/c1-12-8-9-15(10-13(12)2)21-18-11-14(3)16-6-4-5-7-17(16)19(18)20/h4-10,14,18-19H,11,20H2,1-3H3. The zero-order chi connectivity index (χ0) is 15.0. The van der Waals surface area contributed by atoms with E-state index >= 15 is 0 Å². The third-order valence-corrected chi connectivity index (χ3v) is 5.95. The molecule has 2 aromatic rings. The molecule has 0 radical (unpaired) electrons. The molecule has 0 heterocycles. The van der Waals surface area contributed by atoms with Crippen LogP contribution < -0.4 is 5.73 Å². The Labute approximate surface area is 132 Å². The first-order chi connectivity index (χ1) is 10.1. The van der Waals surface area contributed by atoms with Crippen molar-refractivity contribution in [3.05, 3.63) is 64.7 Å². The molecule has 1 nitrogen and oxygen atoms in total. The van der Waals surface area contributed by atoms with E-state index in [1.165, 1.54) is 27.1 Å². The van der Waals surface area contributed by atoms with E-state index < -0.39 is 0 Å². The van der Waals surface area contributed by atoms with Gasteiger partial charge in [0.05, 0.1) is 0 Å². The van der Waals surface area contributed by atoms with Crippen molar-refractivity contribution >= 4 is 11.8 Å². The molecule has 0 aliphatic heterocycles. The molecular weight excluding hydrogens is 274 g/mol. The summed E-state index contributed by atoms with van der Waals surface area (Å²) in [6, 6.07) is 15.5. The number of hydrogen-bond donors (Lipinski definition) is 1. The van der Waals surface area contributed by atoms with E-state index in [-0.39, 0.29) is 6.04 Å². The molecule has 3 unspecified atom stereocenters. The van der Waals surface area contributed by atoms with Crippen LogP contribution in [0.3, 0.4) is 0 Å². The van der Waals surface area contributed by atoms with Gasteiger partial charge in [-0.25, -0.2) is 0 Å². The molecule has 110 valence electrons. The minimum atomic E-state index is 0.129. The SMILES string of the molecule is Cc1ccc(SC2CC(C)c3ccccc3C2N)cc1C. The number of benzene rings is 2. The average molecular weight is 297 g/mol. The van der Waals surface area contributed by atoms with Crippen LogP contribution in [0.4, 0.5) is 0 Å². The Morgan fingerprint density at radius 2 is 1.71 bits per heavy atom. The van der Waals surface area contributed by atoms with Crippen molar-refractivity contribution in [2.75, 3.05) is 0 Å². The van der Waals surface area contributed by atoms with Crippen LogP contribution in [0.25, 0.3) is 0 Å². The minimum Gasteiger partial charge on any atom is -0.323 e. The lowest BCUT2D eigenvalue weighted by atomic mass is 9.81. The predicted molar refractivity (Wildman–Crippen MR) is 92.0 cm³/mol. The van der Waals surface area contributed by atoms with Gasteiger partial charge in [-0.05, 0) is 60.6 Å². The first-order valence-corrected chi connectivity index (χ1v) is 8.52. The summed E-state index contributed by atoms with van der Waals surface area (Å²) in [5.74, 6) is 0.588. The highest BCUT2D eigenvalue weighted by atomic mass is 32.2. The zero-order valence-electron chi connectivity index (χ0n) is 13.0. The van der Waals surface area contributed by atoms with Gasteiger partial charge in [0.1, 0.15) is 0 Å². The van der Waals surface area contributed by atoms with E-state index in [1.54, 1.807) is 0 Å². The monoisotopic (exact) mass is 297 g/mol. The van der Waals surface area contributed by atoms with Gasteiger partial charge in [-0.3, -0.25) is 0 Å². The Bertz CT molecular complexity index is 650. The molecule has 0 bridgehead atoms. The Morgan fingerprint density at radius 3 is 2.43 bits per heavy atom. The first-order valence-electron chi connectivity index (χ1n) is 7.64. The highest BCUT2D eigenvalue weighted by molar-refractivity contribution is 8.00. The van der Waals surface area contributed by atoms with Gasteiger partial charge in [0.25, 0.3) is 0 Å². The number of nitrogens with two attached hydrogens (primary N) is 1. The summed E-state index contributed by atoms with van der Waals surface area (Å²) in [6.45, 7) is 6.66. The van der Waals surface area contributed by atoms with Crippen molar-refractivity contribution in [3.63, 3.8) is 0 Å². The summed E-state index contributed by atoms with van der Waals surface area (Å²) in [6.07, 6.45) is 1.15. The van der Waals surface area contributed by atoms with Gasteiger partial charge in [0.2, 0.25) is 0 Å². The number of thioether (sulfide) groups is 1. The lowest BCUT2D eigenvalue weighted by Gasteiger charge is -2.34. The lowest BCUT2D eigenvalue weighted by Crippen LogP contribution is -2.30. The fraction of sp³-hybridized carbons (Fsp3) is 0.368. The second-order valence-electron chi connectivity index (χ2n) is 6.19. The van der Waals surface area contributed by atoms with Crippen LogP contribution >= 0.6 is 11.8 Å². The second-order valence-corrected chi connectivity index (χ2v) is 7.51. The van der Waals surface area contributed by atoms with Crippen molar-refractivity contribution in [2.24, 2.45) is 5.73 Å². The summed E-state index contributed by atoms with van der Waals surface area (Å²) in [7, 11) is 0. The molecule has 2 N–H and O–H groups in total. The van der Waals surface area contributed by atoms with Crippen LogP contribution in [0.1, 0.15) is 47.6 Å². The summed E-state index contributed by atoms with van der Waals surface area (Å²) >= 11 is 1.94. The maximum Gasteiger partial charge on any atom is 0.0422 e. The molecule has 2 aromatic carbocycles. The molecule has 1 aliphatic rings. The van der Waals surface area contributed by atoms with Gasteiger partial charge in [0, 0.05) is 16.2 Å². The highest BCUT2D eigenvalue weighted by Gasteiger charge is 2.31. The summed E-state index contributed by atoms with van der Waals surface area (Å²) in [5, 5.41) is 0.456. The highest BCUT2D eigenvalue weighted by Crippen LogP contribution is 2.43. The first kappa shape index (κ1) is 14.7. The third-order valence-electron chi connectivity index (χ3n) is 4.64. The fourth-order valence-electron chi connectivity index (χ4n) is 3.17. The van der Waals surface area contributed by atoms with Crippen molar-refractivity contribution < 1.29 is 0 Å². The molecule has 2 heteroatoms. The molecule has 21 heavy (non-hydrogen) atoms. The summed E-state index contributed by atoms with van der Waals surface area (Å²) < 4.78 is 0. The van der Waals surface area contributed by atoms with E-state index in [1.807, 2.05) is 11.8 Å². The van der Waals surface area contributed by atoms with E-state index in [0.717, 1.165) is 6.42 Å². The summed E-state index contributed by atoms with van der Waals surface area (Å²) in [5.41, 5.74) is 12.0. The molecule has 0 amide bonds. The van der Waals surface area contributed by atoms with Crippen LogP contribution in [0.15, 0.2) is 47.4 Å². The average Bonchev–Trinajstić information content (AvgIpc) is 2.48. The third kappa shape index (κ3) is 2.88. The maximum absolute atomic E-state index is 6.55. The van der Waals surface area contributed by atoms with Gasteiger partial charge in [0.15, 0.2) is 0 Å². The predicted octanol–water partition coefficient (Wildman–Crippen LogP) is 4.97.